The molecule has 1 saturated heterocycles. The Bertz CT molecular complexity index is 843. The largest absolute Gasteiger partial charge is 0.352 e. The highest BCUT2D eigenvalue weighted by molar-refractivity contribution is 8.00. The van der Waals surface area contributed by atoms with E-state index in [0.29, 0.717) is 29.6 Å². The molecule has 27 heavy (non-hydrogen) atoms. The SMILES string of the molecule is CC(C)Sc1ccccc1NC(=O)N1CCNC(=O)[C@@H]1c1cccc(F)c1. The van der Waals surface area contributed by atoms with Crippen LogP contribution in [0.1, 0.15) is 25.5 Å². The van der Waals surface area contributed by atoms with E-state index in [1.165, 1.54) is 23.1 Å². The lowest BCUT2D eigenvalue weighted by molar-refractivity contribution is -0.127. The highest BCUT2D eigenvalue weighted by Crippen LogP contribution is 2.31. The number of halogens is 1. The van der Waals surface area contributed by atoms with Crippen molar-refractivity contribution in [2.45, 2.75) is 30.0 Å². The van der Waals surface area contributed by atoms with Crippen LogP contribution in [0.25, 0.3) is 0 Å². The van der Waals surface area contributed by atoms with Gasteiger partial charge in [0.25, 0.3) is 0 Å². The number of nitrogens with zero attached hydrogens (tertiary/aromatic N) is 1. The summed E-state index contributed by atoms with van der Waals surface area (Å²) in [4.78, 5) is 27.8. The van der Waals surface area contributed by atoms with Crippen molar-refractivity contribution < 1.29 is 14.0 Å². The zero-order valence-electron chi connectivity index (χ0n) is 15.2. The Morgan fingerprint density at radius 1 is 1.26 bits per heavy atom. The zero-order chi connectivity index (χ0) is 19.4. The number of carbonyl (C=O) groups is 2. The van der Waals surface area contributed by atoms with Gasteiger partial charge in [-0.25, -0.2) is 9.18 Å². The second-order valence-corrected chi connectivity index (χ2v) is 8.15. The molecule has 1 atom stereocenters. The summed E-state index contributed by atoms with van der Waals surface area (Å²) in [7, 11) is 0. The van der Waals surface area contributed by atoms with Gasteiger partial charge in [0.1, 0.15) is 11.9 Å². The number of piperazine rings is 1. The molecule has 142 valence electrons. The molecule has 1 fully saturated rings. The third kappa shape index (κ3) is 4.60. The number of rotatable bonds is 4. The number of thioether (sulfide) groups is 1. The molecule has 0 saturated carbocycles. The topological polar surface area (TPSA) is 61.4 Å². The fourth-order valence-corrected chi connectivity index (χ4v) is 3.92. The number of nitrogens with one attached hydrogen (secondary N) is 2. The molecule has 0 spiro atoms. The summed E-state index contributed by atoms with van der Waals surface area (Å²) in [5.41, 5.74) is 1.15. The number of anilines is 1. The number of hydrogen-bond donors (Lipinski definition) is 2. The summed E-state index contributed by atoms with van der Waals surface area (Å²) in [6, 6.07) is 12.1. The molecule has 0 aromatic heterocycles. The maximum atomic E-state index is 13.6. The number of carbonyl (C=O) groups excluding carboxylic acids is 2. The van der Waals surface area contributed by atoms with Gasteiger partial charge in [0.05, 0.1) is 5.69 Å². The lowest BCUT2D eigenvalue weighted by Crippen LogP contribution is -2.53. The maximum absolute atomic E-state index is 13.6. The van der Waals surface area contributed by atoms with Crippen LogP contribution in [0.2, 0.25) is 0 Å². The summed E-state index contributed by atoms with van der Waals surface area (Å²) in [5.74, 6) is -0.753. The van der Waals surface area contributed by atoms with Crippen LogP contribution in [0.3, 0.4) is 0 Å². The van der Waals surface area contributed by atoms with Crippen LogP contribution >= 0.6 is 11.8 Å². The van der Waals surface area contributed by atoms with E-state index in [0.717, 1.165) is 4.90 Å². The van der Waals surface area contributed by atoms with Crippen LogP contribution < -0.4 is 10.6 Å². The van der Waals surface area contributed by atoms with E-state index in [9.17, 15) is 14.0 Å². The smallest absolute Gasteiger partial charge is 0.322 e. The monoisotopic (exact) mass is 387 g/mol. The Hall–Kier alpha value is -2.54. The van der Waals surface area contributed by atoms with Crippen molar-refractivity contribution in [1.82, 2.24) is 10.2 Å². The van der Waals surface area contributed by atoms with Gasteiger partial charge in [-0.1, -0.05) is 38.1 Å². The summed E-state index contributed by atoms with van der Waals surface area (Å²) < 4.78 is 13.6. The van der Waals surface area contributed by atoms with Gasteiger partial charge in [0.15, 0.2) is 0 Å². The quantitative estimate of drug-likeness (QED) is 0.779. The standard InChI is InChI=1S/C20H22FN3O2S/c1-13(2)27-17-9-4-3-8-16(17)23-20(26)24-11-10-22-19(25)18(24)14-6-5-7-15(21)12-14/h3-9,12-13,18H,10-11H2,1-2H3,(H,22,25)(H,23,26)/t18-/m0/s1. The van der Waals surface area contributed by atoms with E-state index < -0.39 is 11.9 Å². The normalized spacial score (nSPS) is 17.0. The van der Waals surface area contributed by atoms with Crippen molar-refractivity contribution in [3.05, 3.63) is 59.9 Å². The first-order chi connectivity index (χ1) is 13.0. The summed E-state index contributed by atoms with van der Waals surface area (Å²) in [6.45, 7) is 4.87. The third-order valence-electron chi connectivity index (χ3n) is 4.13. The molecule has 2 aromatic rings. The highest BCUT2D eigenvalue weighted by Gasteiger charge is 2.34. The fourth-order valence-electron chi connectivity index (χ4n) is 3.01. The summed E-state index contributed by atoms with van der Waals surface area (Å²) >= 11 is 1.65. The van der Waals surface area contributed by atoms with Crippen LogP contribution in [-0.2, 0) is 4.79 Å². The molecule has 1 aliphatic rings. The molecular formula is C20H22FN3O2S. The average Bonchev–Trinajstić information content (AvgIpc) is 2.62. The second kappa shape index (κ2) is 8.43. The number of urea groups is 1. The Labute approximate surface area is 162 Å². The fraction of sp³-hybridized carbons (Fsp3) is 0.300. The molecular weight excluding hydrogens is 365 g/mol. The predicted octanol–water partition coefficient (Wildman–Crippen LogP) is 4.03. The van der Waals surface area contributed by atoms with E-state index >= 15 is 0 Å². The number of para-hydroxylation sites is 1. The molecule has 0 bridgehead atoms. The molecule has 1 heterocycles. The van der Waals surface area contributed by atoms with Gasteiger partial charge in [-0.3, -0.25) is 4.79 Å². The molecule has 1 aliphatic heterocycles. The maximum Gasteiger partial charge on any atom is 0.322 e. The lowest BCUT2D eigenvalue weighted by Gasteiger charge is -2.35. The van der Waals surface area contributed by atoms with Gasteiger partial charge < -0.3 is 15.5 Å². The summed E-state index contributed by atoms with van der Waals surface area (Å²) in [6.07, 6.45) is 0. The Balaban J connectivity index is 1.85. The second-order valence-electron chi connectivity index (χ2n) is 6.53. The van der Waals surface area contributed by atoms with Crippen LogP contribution in [0.5, 0.6) is 0 Å². The third-order valence-corrected chi connectivity index (χ3v) is 5.21. The van der Waals surface area contributed by atoms with Crippen molar-refractivity contribution in [3.63, 3.8) is 0 Å². The molecule has 0 radical (unpaired) electrons. The number of benzene rings is 2. The minimum Gasteiger partial charge on any atom is -0.352 e. The minimum absolute atomic E-state index is 0.313. The van der Waals surface area contributed by atoms with Gasteiger partial charge in [-0.15, -0.1) is 11.8 Å². The summed E-state index contributed by atoms with van der Waals surface area (Å²) in [5, 5.41) is 6.03. The molecule has 3 amide bonds. The molecule has 0 aliphatic carbocycles. The Kier molecular flexibility index (Phi) is 6.01. The highest BCUT2D eigenvalue weighted by atomic mass is 32.2. The van der Waals surface area contributed by atoms with Crippen molar-refractivity contribution in [2.24, 2.45) is 0 Å². The van der Waals surface area contributed by atoms with E-state index in [-0.39, 0.29) is 11.9 Å². The average molecular weight is 387 g/mol. The molecule has 2 N–H and O–H groups in total. The van der Waals surface area contributed by atoms with Crippen molar-refractivity contribution in [1.29, 1.82) is 0 Å². The number of amides is 3. The molecule has 3 rings (SSSR count). The Morgan fingerprint density at radius 2 is 2.04 bits per heavy atom. The van der Waals surface area contributed by atoms with E-state index in [1.54, 1.807) is 17.8 Å². The van der Waals surface area contributed by atoms with Crippen molar-refractivity contribution in [3.8, 4) is 0 Å². The van der Waals surface area contributed by atoms with E-state index in [2.05, 4.69) is 24.5 Å². The van der Waals surface area contributed by atoms with Crippen LogP contribution in [0.15, 0.2) is 53.4 Å². The molecule has 0 unspecified atom stereocenters. The van der Waals surface area contributed by atoms with E-state index in [4.69, 9.17) is 0 Å². The van der Waals surface area contributed by atoms with Gasteiger partial charge in [-0.05, 0) is 29.8 Å². The van der Waals surface area contributed by atoms with Gasteiger partial charge in [0.2, 0.25) is 5.91 Å². The molecule has 7 heteroatoms. The van der Waals surface area contributed by atoms with Crippen molar-refractivity contribution in [2.75, 3.05) is 18.4 Å². The number of hydrogen-bond acceptors (Lipinski definition) is 3. The van der Waals surface area contributed by atoms with Gasteiger partial charge >= 0.3 is 6.03 Å². The van der Waals surface area contributed by atoms with E-state index in [1.807, 2.05) is 24.3 Å². The first-order valence-corrected chi connectivity index (χ1v) is 9.70. The van der Waals surface area contributed by atoms with Crippen LogP contribution in [0.4, 0.5) is 14.9 Å². The minimum atomic E-state index is -0.862. The van der Waals surface area contributed by atoms with Crippen LogP contribution in [0, 0.1) is 5.82 Å². The molecule has 2 aromatic carbocycles. The zero-order valence-corrected chi connectivity index (χ0v) is 16.1. The molecule has 5 nitrogen and oxygen atoms in total. The van der Waals surface area contributed by atoms with Crippen LogP contribution in [-0.4, -0.2) is 35.2 Å². The lowest BCUT2D eigenvalue weighted by atomic mass is 10.0. The van der Waals surface area contributed by atoms with Crippen molar-refractivity contribution >= 4 is 29.4 Å². The predicted molar refractivity (Wildman–Crippen MR) is 105 cm³/mol. The first-order valence-electron chi connectivity index (χ1n) is 8.82. The first kappa shape index (κ1) is 19.2. The Morgan fingerprint density at radius 3 is 2.78 bits per heavy atom. The van der Waals surface area contributed by atoms with Gasteiger partial charge in [-0.2, -0.15) is 0 Å². The van der Waals surface area contributed by atoms with Gasteiger partial charge in [0, 0.05) is 23.2 Å².